The van der Waals surface area contributed by atoms with Gasteiger partial charge in [-0.1, -0.05) is 78.1 Å². The van der Waals surface area contributed by atoms with Gasteiger partial charge in [-0.05, 0) is 54.8 Å². The average Bonchev–Trinajstić information content (AvgIpc) is 2.94. The summed E-state index contributed by atoms with van der Waals surface area (Å²) in [6.45, 7) is 2.53. The van der Waals surface area contributed by atoms with E-state index in [-0.39, 0.29) is 24.0 Å². The van der Waals surface area contributed by atoms with Crippen molar-refractivity contribution in [1.29, 1.82) is 0 Å². The van der Waals surface area contributed by atoms with Gasteiger partial charge in [-0.15, -0.1) is 0 Å². The molecule has 3 aromatic carbocycles. The minimum atomic E-state index is -4.88. The monoisotopic (exact) mass is 691 g/mol. The van der Waals surface area contributed by atoms with Gasteiger partial charge in [0.15, 0.2) is 0 Å². The maximum atomic E-state index is 14.1. The van der Waals surface area contributed by atoms with E-state index in [4.69, 9.17) is 34.8 Å². The molecule has 3 rings (SSSR count). The van der Waals surface area contributed by atoms with Crippen molar-refractivity contribution in [2.24, 2.45) is 0 Å². The predicted molar refractivity (Wildman–Crippen MR) is 167 cm³/mol. The maximum Gasteiger partial charge on any atom is 0.417 e. The number of carbonyl (C=O) groups excluding carboxylic acids is 2. The number of nitrogens with one attached hydrogen (secondary N) is 1. The highest BCUT2D eigenvalue weighted by molar-refractivity contribution is 7.92. The Hall–Kier alpha value is -2.99. The first-order chi connectivity index (χ1) is 20.5. The third kappa shape index (κ3) is 9.50. The Labute approximate surface area is 269 Å². The summed E-state index contributed by atoms with van der Waals surface area (Å²) >= 11 is 18.2. The molecule has 0 heterocycles. The first kappa shape index (κ1) is 35.5. The molecule has 238 valence electrons. The molecular weight excluding hydrogens is 662 g/mol. The van der Waals surface area contributed by atoms with Gasteiger partial charge >= 0.3 is 6.18 Å². The second kappa shape index (κ2) is 14.9. The number of sulfonamides is 1. The highest BCUT2D eigenvalue weighted by atomic mass is 35.5. The van der Waals surface area contributed by atoms with Crippen molar-refractivity contribution < 1.29 is 31.2 Å². The molecule has 0 unspecified atom stereocenters. The van der Waals surface area contributed by atoms with E-state index >= 15 is 0 Å². The fraction of sp³-hybridized carbons (Fsp3) is 0.333. The van der Waals surface area contributed by atoms with Crippen LogP contribution in [0.4, 0.5) is 18.9 Å². The zero-order valence-corrected chi connectivity index (χ0v) is 27.1. The number of amides is 2. The lowest BCUT2D eigenvalue weighted by Gasteiger charge is -2.34. The molecule has 0 aliphatic heterocycles. The van der Waals surface area contributed by atoms with Crippen LogP contribution in [0.25, 0.3) is 0 Å². The molecule has 2 amide bonds. The SMILES string of the molecule is CC[C@@H](C)NC(=O)[C@@H](Cc1ccccc1)N(Cc1ccc(Cl)cc1Cl)C(=O)CN(c1ccc(Cl)c(C(F)(F)F)c1)S(C)(=O)=O. The molecule has 0 saturated heterocycles. The molecule has 44 heavy (non-hydrogen) atoms. The summed E-state index contributed by atoms with van der Waals surface area (Å²) < 4.78 is 67.2. The van der Waals surface area contributed by atoms with Crippen LogP contribution < -0.4 is 9.62 Å². The first-order valence-electron chi connectivity index (χ1n) is 13.4. The lowest BCUT2D eigenvalue weighted by atomic mass is 10.0. The summed E-state index contributed by atoms with van der Waals surface area (Å²) in [4.78, 5) is 29.0. The van der Waals surface area contributed by atoms with Gasteiger partial charge in [0.2, 0.25) is 21.8 Å². The van der Waals surface area contributed by atoms with Crippen molar-refractivity contribution in [3.05, 3.63) is 98.5 Å². The Bertz CT molecular complexity index is 1590. The van der Waals surface area contributed by atoms with Crippen molar-refractivity contribution in [3.63, 3.8) is 0 Å². The fourth-order valence-electron chi connectivity index (χ4n) is 4.33. The van der Waals surface area contributed by atoms with E-state index in [1.54, 1.807) is 49.4 Å². The predicted octanol–water partition coefficient (Wildman–Crippen LogP) is 6.99. The van der Waals surface area contributed by atoms with Gasteiger partial charge in [0, 0.05) is 29.1 Å². The molecule has 0 saturated carbocycles. The second-order valence-corrected chi connectivity index (χ2v) is 13.4. The Morgan fingerprint density at radius 3 is 2.18 bits per heavy atom. The Kier molecular flexibility index (Phi) is 12.0. The highest BCUT2D eigenvalue weighted by Gasteiger charge is 2.36. The lowest BCUT2D eigenvalue weighted by molar-refractivity contribution is -0.140. The molecule has 0 radical (unpaired) electrons. The lowest BCUT2D eigenvalue weighted by Crippen LogP contribution is -2.54. The highest BCUT2D eigenvalue weighted by Crippen LogP contribution is 2.37. The Morgan fingerprint density at radius 1 is 0.955 bits per heavy atom. The molecule has 0 spiro atoms. The summed E-state index contributed by atoms with van der Waals surface area (Å²) in [5, 5.41) is 2.78. The van der Waals surface area contributed by atoms with Crippen molar-refractivity contribution in [3.8, 4) is 0 Å². The van der Waals surface area contributed by atoms with Crippen LogP contribution in [0, 0.1) is 0 Å². The third-order valence-electron chi connectivity index (χ3n) is 6.85. The first-order valence-corrected chi connectivity index (χ1v) is 16.4. The van der Waals surface area contributed by atoms with Crippen LogP contribution in [0.5, 0.6) is 0 Å². The molecule has 14 heteroatoms. The number of hydrogen-bond acceptors (Lipinski definition) is 4. The van der Waals surface area contributed by atoms with E-state index in [0.717, 1.165) is 18.4 Å². The van der Waals surface area contributed by atoms with Crippen LogP contribution >= 0.6 is 34.8 Å². The van der Waals surface area contributed by atoms with Crippen LogP contribution in [0.2, 0.25) is 15.1 Å². The van der Waals surface area contributed by atoms with Crippen molar-refractivity contribution in [2.75, 3.05) is 17.1 Å². The number of rotatable bonds is 12. The summed E-state index contributed by atoms with van der Waals surface area (Å²) in [5.41, 5.74) is -0.567. The van der Waals surface area contributed by atoms with Crippen LogP contribution in [0.15, 0.2) is 66.7 Å². The van der Waals surface area contributed by atoms with Crippen LogP contribution in [-0.2, 0) is 38.8 Å². The minimum Gasteiger partial charge on any atom is -0.352 e. The number of carbonyl (C=O) groups is 2. The van der Waals surface area contributed by atoms with Crippen molar-refractivity contribution >= 4 is 62.3 Å². The molecule has 0 aliphatic rings. The van der Waals surface area contributed by atoms with E-state index in [1.165, 1.54) is 11.0 Å². The summed E-state index contributed by atoms with van der Waals surface area (Å²) in [6.07, 6.45) is -3.47. The molecule has 7 nitrogen and oxygen atoms in total. The van der Waals surface area contributed by atoms with E-state index in [1.807, 2.05) is 6.92 Å². The minimum absolute atomic E-state index is 0.0537. The third-order valence-corrected chi connectivity index (χ3v) is 8.91. The average molecular weight is 693 g/mol. The molecular formula is C30H31Cl3F3N3O4S. The number of nitrogens with zero attached hydrogens (tertiary/aromatic N) is 2. The van der Waals surface area contributed by atoms with Gasteiger partial charge in [0.25, 0.3) is 0 Å². The smallest absolute Gasteiger partial charge is 0.352 e. The second-order valence-electron chi connectivity index (χ2n) is 10.2. The van der Waals surface area contributed by atoms with Crippen molar-refractivity contribution in [2.45, 2.75) is 51.5 Å². The van der Waals surface area contributed by atoms with E-state index in [2.05, 4.69) is 5.32 Å². The van der Waals surface area contributed by atoms with E-state index < -0.39 is 56.9 Å². The van der Waals surface area contributed by atoms with Crippen LogP contribution in [-0.4, -0.2) is 50.0 Å². The normalized spacial score (nSPS) is 13.2. The van der Waals surface area contributed by atoms with Gasteiger partial charge in [-0.3, -0.25) is 13.9 Å². The number of halogens is 6. The zero-order chi connectivity index (χ0) is 32.8. The molecule has 0 bridgehead atoms. The quantitative estimate of drug-likeness (QED) is 0.222. The van der Waals surface area contributed by atoms with Gasteiger partial charge in [-0.2, -0.15) is 13.2 Å². The fourth-order valence-corrected chi connectivity index (χ4v) is 5.86. The van der Waals surface area contributed by atoms with Gasteiger partial charge in [0.1, 0.15) is 12.6 Å². The Balaban J connectivity index is 2.13. The summed E-state index contributed by atoms with van der Waals surface area (Å²) in [6, 6.07) is 14.6. The van der Waals surface area contributed by atoms with Crippen LogP contribution in [0.1, 0.15) is 37.0 Å². The number of anilines is 1. The van der Waals surface area contributed by atoms with E-state index in [0.29, 0.717) is 32.9 Å². The van der Waals surface area contributed by atoms with E-state index in [9.17, 15) is 31.2 Å². The Morgan fingerprint density at radius 2 is 1.61 bits per heavy atom. The molecule has 1 N–H and O–H groups in total. The van der Waals surface area contributed by atoms with Gasteiger partial charge in [-0.25, -0.2) is 8.42 Å². The summed E-state index contributed by atoms with van der Waals surface area (Å²) in [7, 11) is -4.30. The molecule has 3 aromatic rings. The molecule has 0 fully saturated rings. The number of hydrogen-bond donors (Lipinski definition) is 1. The maximum absolute atomic E-state index is 14.1. The number of benzene rings is 3. The van der Waals surface area contributed by atoms with Crippen LogP contribution in [0.3, 0.4) is 0 Å². The summed E-state index contributed by atoms with van der Waals surface area (Å²) in [5.74, 6) is -1.36. The zero-order valence-electron chi connectivity index (χ0n) is 24.0. The topological polar surface area (TPSA) is 86.8 Å². The largest absolute Gasteiger partial charge is 0.417 e. The van der Waals surface area contributed by atoms with Gasteiger partial charge < -0.3 is 10.2 Å². The van der Waals surface area contributed by atoms with Gasteiger partial charge in [0.05, 0.1) is 22.5 Å². The van der Waals surface area contributed by atoms with Crippen molar-refractivity contribution in [1.82, 2.24) is 10.2 Å². The standard InChI is InChI=1S/C30H31Cl3F3N3O4S/c1-4-19(2)37-29(41)27(14-20-8-6-5-7-9-20)38(17-21-10-11-22(31)15-26(21)33)28(40)18-39(44(3,42)43)23-12-13-25(32)24(16-23)30(34,35)36/h5-13,15-16,19,27H,4,14,17-18H2,1-3H3,(H,37,41)/t19-,27-/m1/s1. The molecule has 0 aliphatic carbocycles. The molecule has 2 atom stereocenters. The number of alkyl halides is 3. The molecule has 0 aromatic heterocycles.